The van der Waals surface area contributed by atoms with Crippen LogP contribution >= 0.6 is 0 Å². The molecule has 9 heteroatoms. The number of carbonyl (C=O) groups is 1. The molecule has 0 bridgehead atoms. The zero-order chi connectivity index (χ0) is 21.5. The van der Waals surface area contributed by atoms with Gasteiger partial charge in [-0.15, -0.1) is 5.59 Å². The summed E-state index contributed by atoms with van der Waals surface area (Å²) in [5.41, 5.74) is 4.34. The molecule has 0 radical (unpaired) electrons. The molecule has 3 aromatic rings. The lowest BCUT2D eigenvalue weighted by Gasteiger charge is -2.11. The second kappa shape index (κ2) is 10.2. The molecule has 4 N–H and O–H groups in total. The molecule has 0 unspecified atom stereocenters. The molecular formula is C22H27N7O2. The van der Waals surface area contributed by atoms with E-state index in [2.05, 4.69) is 31.5 Å². The summed E-state index contributed by atoms with van der Waals surface area (Å²) in [6, 6.07) is 15.2. The second-order valence-corrected chi connectivity index (χ2v) is 7.42. The highest BCUT2D eigenvalue weighted by Gasteiger charge is 2.16. The van der Waals surface area contributed by atoms with Gasteiger partial charge in [-0.1, -0.05) is 30.3 Å². The molecule has 2 heterocycles. The minimum atomic E-state index is -0.386. The molecule has 1 saturated heterocycles. The van der Waals surface area contributed by atoms with Gasteiger partial charge in [0.1, 0.15) is 5.82 Å². The van der Waals surface area contributed by atoms with Crippen molar-refractivity contribution in [2.45, 2.75) is 19.8 Å². The van der Waals surface area contributed by atoms with E-state index < -0.39 is 0 Å². The first-order valence-corrected chi connectivity index (χ1v) is 10.4. The summed E-state index contributed by atoms with van der Waals surface area (Å²) in [5.74, 6) is 0.934. The largest absolute Gasteiger partial charge is 0.370 e. The Balaban J connectivity index is 1.25. The van der Waals surface area contributed by atoms with Crippen molar-refractivity contribution < 1.29 is 9.63 Å². The number of rotatable bonds is 10. The van der Waals surface area contributed by atoms with Gasteiger partial charge in [-0.25, -0.2) is 14.8 Å². The number of amides is 2. The number of aromatic nitrogens is 2. The number of hydrogen-bond donors (Lipinski definition) is 4. The van der Waals surface area contributed by atoms with Gasteiger partial charge in [0.2, 0.25) is 5.95 Å². The Bertz CT molecular complexity index is 1040. The molecule has 162 valence electrons. The van der Waals surface area contributed by atoms with Crippen LogP contribution in [0.15, 0.2) is 48.5 Å². The summed E-state index contributed by atoms with van der Waals surface area (Å²) in [4.78, 5) is 26.4. The molecule has 31 heavy (non-hydrogen) atoms. The van der Waals surface area contributed by atoms with E-state index in [0.29, 0.717) is 18.1 Å². The molecule has 0 spiro atoms. The van der Waals surface area contributed by atoms with E-state index in [9.17, 15) is 4.79 Å². The number of hydrazine groups is 1. The number of anilines is 3. The number of hydrogen-bond acceptors (Lipinski definition) is 7. The monoisotopic (exact) mass is 421 g/mol. The third-order valence-corrected chi connectivity index (χ3v) is 4.71. The summed E-state index contributed by atoms with van der Waals surface area (Å²) < 4.78 is 0. The van der Waals surface area contributed by atoms with Crippen molar-refractivity contribution in [2.75, 3.05) is 42.2 Å². The lowest BCUT2D eigenvalue weighted by Crippen LogP contribution is -2.22. The maximum atomic E-state index is 12.4. The van der Waals surface area contributed by atoms with Crippen molar-refractivity contribution in [1.82, 2.24) is 20.6 Å². The van der Waals surface area contributed by atoms with Crippen LogP contribution in [-0.2, 0) is 4.84 Å². The summed E-state index contributed by atoms with van der Waals surface area (Å²) in [5, 5.41) is 13.0. The predicted octanol–water partition coefficient (Wildman–Crippen LogP) is 3.53. The molecule has 1 aliphatic rings. The highest BCUT2D eigenvalue weighted by molar-refractivity contribution is 6.00. The third kappa shape index (κ3) is 6.61. The summed E-state index contributed by atoms with van der Waals surface area (Å²) in [6.07, 6.45) is 1.87. The minimum Gasteiger partial charge on any atom is -0.370 e. The van der Waals surface area contributed by atoms with Crippen molar-refractivity contribution in [1.29, 1.82) is 0 Å². The maximum absolute atomic E-state index is 12.4. The number of benzene rings is 2. The van der Waals surface area contributed by atoms with E-state index in [1.807, 2.05) is 60.5 Å². The Morgan fingerprint density at radius 3 is 2.71 bits per heavy atom. The summed E-state index contributed by atoms with van der Waals surface area (Å²) >= 11 is 0. The zero-order valence-corrected chi connectivity index (χ0v) is 17.5. The molecule has 1 fully saturated rings. The average molecular weight is 422 g/mol. The van der Waals surface area contributed by atoms with E-state index in [4.69, 9.17) is 4.84 Å². The van der Waals surface area contributed by atoms with Gasteiger partial charge >= 0.3 is 6.03 Å². The van der Waals surface area contributed by atoms with E-state index in [0.717, 1.165) is 48.9 Å². The molecule has 2 aromatic carbocycles. The van der Waals surface area contributed by atoms with Gasteiger partial charge in [0, 0.05) is 37.1 Å². The van der Waals surface area contributed by atoms with Crippen molar-refractivity contribution in [3.63, 3.8) is 0 Å². The first-order valence-electron chi connectivity index (χ1n) is 10.4. The fraction of sp³-hybridized carbons (Fsp3) is 0.318. The Labute approximate surface area is 181 Å². The minimum absolute atomic E-state index is 0.256. The Morgan fingerprint density at radius 2 is 1.87 bits per heavy atom. The van der Waals surface area contributed by atoms with Gasteiger partial charge in [-0.05, 0) is 42.7 Å². The highest BCUT2D eigenvalue weighted by Crippen LogP contribution is 2.19. The van der Waals surface area contributed by atoms with Gasteiger partial charge in [-0.2, -0.15) is 4.98 Å². The van der Waals surface area contributed by atoms with Crippen LogP contribution in [0.1, 0.15) is 18.5 Å². The lowest BCUT2D eigenvalue weighted by atomic mass is 10.1. The topological polar surface area (TPSA) is 103 Å². The van der Waals surface area contributed by atoms with Crippen LogP contribution in [-0.4, -0.2) is 47.2 Å². The molecular weight excluding hydrogens is 394 g/mol. The molecule has 4 rings (SSSR count). The first-order chi connectivity index (χ1) is 15.2. The Hall–Kier alpha value is -3.27. The van der Waals surface area contributed by atoms with Gasteiger partial charge in [0.15, 0.2) is 0 Å². The Morgan fingerprint density at radius 1 is 1.03 bits per heavy atom. The van der Waals surface area contributed by atoms with Crippen LogP contribution in [0.2, 0.25) is 0 Å². The average Bonchev–Trinajstić information content (AvgIpc) is 3.57. The molecule has 1 aliphatic heterocycles. The third-order valence-electron chi connectivity index (χ3n) is 4.71. The number of nitrogens with one attached hydrogen (secondary N) is 4. The van der Waals surface area contributed by atoms with Crippen LogP contribution in [0.3, 0.4) is 0 Å². The fourth-order valence-electron chi connectivity index (χ4n) is 3.04. The van der Waals surface area contributed by atoms with Crippen molar-refractivity contribution in [3.05, 3.63) is 54.2 Å². The number of carbonyl (C=O) groups excluding carboxylic acids is 1. The summed E-state index contributed by atoms with van der Waals surface area (Å²) in [6.45, 7) is 5.37. The molecule has 0 atom stereocenters. The van der Waals surface area contributed by atoms with Gasteiger partial charge < -0.3 is 10.6 Å². The number of aryl methyl sites for hydroxylation is 1. The first kappa shape index (κ1) is 21.0. The molecule has 2 amide bonds. The van der Waals surface area contributed by atoms with E-state index >= 15 is 0 Å². The van der Waals surface area contributed by atoms with E-state index in [1.165, 1.54) is 0 Å². The van der Waals surface area contributed by atoms with Crippen molar-refractivity contribution in [3.8, 4) is 0 Å². The quantitative estimate of drug-likeness (QED) is 0.226. The van der Waals surface area contributed by atoms with Crippen molar-refractivity contribution in [2.24, 2.45) is 0 Å². The predicted molar refractivity (Wildman–Crippen MR) is 122 cm³/mol. The molecule has 9 nitrogen and oxygen atoms in total. The number of urea groups is 1. The summed E-state index contributed by atoms with van der Waals surface area (Å²) in [7, 11) is 0. The number of unbranched alkanes of at least 4 members (excludes halogenated alkanes) is 1. The van der Waals surface area contributed by atoms with Gasteiger partial charge in [0.25, 0.3) is 0 Å². The molecule has 1 aromatic heterocycles. The molecule has 0 saturated carbocycles. The SMILES string of the molecule is Cc1cc(NCCCCONN2CC2)nc(NC(=O)Nc2ccc3ccccc3c2)n1. The van der Waals surface area contributed by atoms with Crippen LogP contribution < -0.4 is 21.5 Å². The second-order valence-electron chi connectivity index (χ2n) is 7.42. The van der Waals surface area contributed by atoms with Crippen LogP contribution in [0, 0.1) is 6.92 Å². The fourth-order valence-corrected chi connectivity index (χ4v) is 3.04. The zero-order valence-electron chi connectivity index (χ0n) is 17.5. The highest BCUT2D eigenvalue weighted by atomic mass is 16.7. The Kier molecular flexibility index (Phi) is 6.88. The molecule has 0 aliphatic carbocycles. The maximum Gasteiger partial charge on any atom is 0.326 e. The van der Waals surface area contributed by atoms with Crippen LogP contribution in [0.25, 0.3) is 10.8 Å². The van der Waals surface area contributed by atoms with E-state index in [-0.39, 0.29) is 12.0 Å². The van der Waals surface area contributed by atoms with Gasteiger partial charge in [0.05, 0.1) is 6.61 Å². The normalized spacial score (nSPS) is 13.2. The lowest BCUT2D eigenvalue weighted by molar-refractivity contribution is -0.0325. The van der Waals surface area contributed by atoms with Crippen molar-refractivity contribution >= 4 is 34.3 Å². The van der Waals surface area contributed by atoms with E-state index in [1.54, 1.807) is 0 Å². The standard InChI is InChI=1S/C22H27N7O2/c1-16-14-20(23-10-4-5-13-31-28-29-11-12-29)26-21(24-16)27-22(30)25-19-9-8-17-6-2-3-7-18(17)15-19/h2-3,6-9,14-15,28H,4-5,10-13H2,1H3,(H3,23,24,25,26,27,30). The van der Waals surface area contributed by atoms with Gasteiger partial charge in [-0.3, -0.25) is 10.2 Å². The number of nitrogens with zero attached hydrogens (tertiary/aromatic N) is 3. The number of fused-ring (bicyclic) bond motifs is 1. The smallest absolute Gasteiger partial charge is 0.326 e. The van der Waals surface area contributed by atoms with Crippen LogP contribution in [0.4, 0.5) is 22.2 Å². The van der Waals surface area contributed by atoms with Crippen LogP contribution in [0.5, 0.6) is 0 Å².